The maximum atomic E-state index is 12.5. The molecule has 2 heterocycles. The Morgan fingerprint density at radius 1 is 1.24 bits per heavy atom. The van der Waals surface area contributed by atoms with Gasteiger partial charge in [-0.2, -0.15) is 5.26 Å². The fraction of sp³-hybridized carbons (Fsp3) is 0.455. The average molecular weight is 412 g/mol. The molecule has 152 valence electrons. The number of carbonyl (C=O) groups excluding carboxylic acids is 1. The molecule has 1 aliphatic carbocycles. The summed E-state index contributed by atoms with van der Waals surface area (Å²) in [7, 11) is 1.99. The van der Waals surface area contributed by atoms with Crippen LogP contribution in [-0.4, -0.2) is 37.6 Å². The number of thiophene rings is 1. The molecule has 1 N–H and O–H groups in total. The van der Waals surface area contributed by atoms with Gasteiger partial charge in [0.05, 0.1) is 5.56 Å². The molecule has 2 aliphatic rings. The molecule has 7 heteroatoms. The van der Waals surface area contributed by atoms with Gasteiger partial charge in [-0.1, -0.05) is 6.07 Å². The van der Waals surface area contributed by atoms with Crippen molar-refractivity contribution in [2.24, 2.45) is 0 Å². The number of benzene rings is 1. The van der Waals surface area contributed by atoms with Crippen LogP contribution < -0.4 is 14.8 Å². The second-order valence-electron chi connectivity index (χ2n) is 7.54. The average Bonchev–Trinajstić information content (AvgIpc) is 3.09. The summed E-state index contributed by atoms with van der Waals surface area (Å²) in [6.07, 6.45) is 4.63. The molecule has 1 aliphatic heterocycles. The number of hydrogen-bond donors (Lipinski definition) is 1. The lowest BCUT2D eigenvalue weighted by Gasteiger charge is -2.21. The van der Waals surface area contributed by atoms with Gasteiger partial charge in [0.25, 0.3) is 0 Å². The highest BCUT2D eigenvalue weighted by Gasteiger charge is 2.21. The minimum Gasteiger partial charge on any atom is -0.486 e. The Kier molecular flexibility index (Phi) is 6.02. The summed E-state index contributed by atoms with van der Waals surface area (Å²) in [6.45, 7) is 2.51. The van der Waals surface area contributed by atoms with E-state index in [1.165, 1.54) is 4.88 Å². The Balaban J connectivity index is 1.31. The smallest absolute Gasteiger partial charge is 0.226 e. The molecule has 2 aromatic rings. The summed E-state index contributed by atoms with van der Waals surface area (Å²) < 4.78 is 11.2. The van der Waals surface area contributed by atoms with E-state index in [1.807, 2.05) is 25.2 Å². The van der Waals surface area contributed by atoms with E-state index in [0.717, 1.165) is 59.9 Å². The normalized spacial score (nSPS) is 14.9. The molecule has 1 amide bonds. The maximum Gasteiger partial charge on any atom is 0.226 e. The molecule has 0 atom stereocenters. The van der Waals surface area contributed by atoms with E-state index in [2.05, 4.69) is 16.3 Å². The molecule has 1 aromatic heterocycles. The molecule has 0 saturated carbocycles. The summed E-state index contributed by atoms with van der Waals surface area (Å²) in [5, 5.41) is 13.2. The van der Waals surface area contributed by atoms with Gasteiger partial charge in [0.1, 0.15) is 24.3 Å². The van der Waals surface area contributed by atoms with Crippen LogP contribution in [0.3, 0.4) is 0 Å². The van der Waals surface area contributed by atoms with E-state index < -0.39 is 0 Å². The molecule has 0 bridgehead atoms. The van der Waals surface area contributed by atoms with Crippen LogP contribution in [0.1, 0.15) is 40.8 Å². The van der Waals surface area contributed by atoms with Crippen molar-refractivity contribution < 1.29 is 14.3 Å². The molecular weight excluding hydrogens is 386 g/mol. The highest BCUT2D eigenvalue weighted by molar-refractivity contribution is 7.16. The first-order valence-corrected chi connectivity index (χ1v) is 10.9. The van der Waals surface area contributed by atoms with Crippen molar-refractivity contribution >= 4 is 22.2 Å². The van der Waals surface area contributed by atoms with Crippen LogP contribution in [0.15, 0.2) is 18.2 Å². The Morgan fingerprint density at radius 2 is 2.03 bits per heavy atom. The second kappa shape index (κ2) is 8.85. The van der Waals surface area contributed by atoms with Gasteiger partial charge < -0.3 is 19.7 Å². The first-order valence-electron chi connectivity index (χ1n) is 10.1. The van der Waals surface area contributed by atoms with Gasteiger partial charge in [-0.05, 0) is 56.0 Å². The van der Waals surface area contributed by atoms with Crippen LogP contribution >= 0.6 is 11.3 Å². The molecule has 0 unspecified atom stereocenters. The largest absolute Gasteiger partial charge is 0.486 e. The van der Waals surface area contributed by atoms with Crippen LogP contribution in [0, 0.1) is 11.3 Å². The SMILES string of the molecule is CN(CCC(=O)Nc1sc2c(c1C#N)CCCC2)Cc1ccc2c(c1)OCCO2. The van der Waals surface area contributed by atoms with Gasteiger partial charge in [-0.15, -0.1) is 11.3 Å². The molecule has 0 radical (unpaired) electrons. The van der Waals surface area contributed by atoms with Crippen LogP contribution in [0.5, 0.6) is 11.5 Å². The van der Waals surface area contributed by atoms with E-state index in [1.54, 1.807) is 11.3 Å². The number of carbonyl (C=O) groups is 1. The van der Waals surface area contributed by atoms with E-state index in [9.17, 15) is 10.1 Å². The number of nitriles is 1. The first kappa shape index (κ1) is 19.7. The van der Waals surface area contributed by atoms with Gasteiger partial charge in [0, 0.05) is 24.4 Å². The highest BCUT2D eigenvalue weighted by Crippen LogP contribution is 2.37. The molecule has 0 fully saturated rings. The third kappa shape index (κ3) is 4.55. The minimum absolute atomic E-state index is 0.0471. The number of anilines is 1. The molecule has 0 saturated heterocycles. The van der Waals surface area contributed by atoms with Crippen molar-refractivity contribution in [1.29, 1.82) is 5.26 Å². The molecule has 4 rings (SSSR count). The zero-order valence-corrected chi connectivity index (χ0v) is 17.4. The van der Waals surface area contributed by atoms with Crippen LogP contribution in [-0.2, 0) is 24.2 Å². The Bertz CT molecular complexity index is 948. The standard InChI is InChI=1S/C22H25N3O3S/c1-25(14-15-6-7-18-19(12-15)28-11-10-27-18)9-8-21(26)24-22-17(13-23)16-4-2-3-5-20(16)29-22/h6-7,12H,2-5,8-11,14H2,1H3,(H,24,26). The Morgan fingerprint density at radius 3 is 2.86 bits per heavy atom. The van der Waals surface area contributed by atoms with Crippen molar-refractivity contribution in [2.75, 3.05) is 32.1 Å². The molecule has 1 aromatic carbocycles. The topological polar surface area (TPSA) is 74.6 Å². The third-order valence-electron chi connectivity index (χ3n) is 5.32. The second-order valence-corrected chi connectivity index (χ2v) is 8.65. The summed E-state index contributed by atoms with van der Waals surface area (Å²) in [4.78, 5) is 15.8. The fourth-order valence-electron chi connectivity index (χ4n) is 3.83. The number of ether oxygens (including phenoxy) is 2. The molecular formula is C22H25N3O3S. The molecule has 0 spiro atoms. The van der Waals surface area contributed by atoms with Crippen molar-refractivity contribution in [3.05, 3.63) is 39.8 Å². The molecule has 29 heavy (non-hydrogen) atoms. The number of hydrogen-bond acceptors (Lipinski definition) is 6. The fourth-order valence-corrected chi connectivity index (χ4v) is 5.09. The summed E-state index contributed by atoms with van der Waals surface area (Å²) in [5.41, 5.74) is 2.94. The summed E-state index contributed by atoms with van der Waals surface area (Å²) >= 11 is 1.57. The third-order valence-corrected chi connectivity index (χ3v) is 6.52. The van der Waals surface area contributed by atoms with Gasteiger partial charge in [0.2, 0.25) is 5.91 Å². The lowest BCUT2D eigenvalue weighted by atomic mass is 9.96. The van der Waals surface area contributed by atoms with Crippen molar-refractivity contribution in [1.82, 2.24) is 4.90 Å². The van der Waals surface area contributed by atoms with Gasteiger partial charge in [0.15, 0.2) is 11.5 Å². The highest BCUT2D eigenvalue weighted by atomic mass is 32.1. The van der Waals surface area contributed by atoms with Crippen LogP contribution in [0.2, 0.25) is 0 Å². The number of nitrogens with zero attached hydrogens (tertiary/aromatic N) is 2. The van der Waals surface area contributed by atoms with Gasteiger partial charge >= 0.3 is 0 Å². The lowest BCUT2D eigenvalue weighted by Crippen LogP contribution is -2.24. The van der Waals surface area contributed by atoms with E-state index >= 15 is 0 Å². The van der Waals surface area contributed by atoms with Gasteiger partial charge in [-0.3, -0.25) is 4.79 Å². The number of aryl methyl sites for hydroxylation is 1. The predicted molar refractivity (Wildman–Crippen MR) is 113 cm³/mol. The zero-order valence-electron chi connectivity index (χ0n) is 16.6. The quantitative estimate of drug-likeness (QED) is 0.784. The Hall–Kier alpha value is -2.56. The van der Waals surface area contributed by atoms with E-state index in [0.29, 0.717) is 31.7 Å². The first-order chi connectivity index (χ1) is 14.1. The predicted octanol–water partition coefficient (Wildman–Crippen LogP) is 3.73. The molecule has 6 nitrogen and oxygen atoms in total. The zero-order chi connectivity index (χ0) is 20.2. The maximum absolute atomic E-state index is 12.5. The Labute approximate surface area is 175 Å². The number of fused-ring (bicyclic) bond motifs is 2. The van der Waals surface area contributed by atoms with E-state index in [4.69, 9.17) is 9.47 Å². The summed E-state index contributed by atoms with van der Waals surface area (Å²) in [6, 6.07) is 8.26. The van der Waals surface area contributed by atoms with Crippen molar-refractivity contribution in [3.63, 3.8) is 0 Å². The van der Waals surface area contributed by atoms with Crippen molar-refractivity contribution in [2.45, 2.75) is 38.6 Å². The van der Waals surface area contributed by atoms with Crippen LogP contribution in [0.25, 0.3) is 0 Å². The van der Waals surface area contributed by atoms with Crippen LogP contribution in [0.4, 0.5) is 5.00 Å². The number of amides is 1. The van der Waals surface area contributed by atoms with Gasteiger partial charge in [-0.25, -0.2) is 0 Å². The monoisotopic (exact) mass is 411 g/mol. The van der Waals surface area contributed by atoms with Crippen molar-refractivity contribution in [3.8, 4) is 17.6 Å². The van der Waals surface area contributed by atoms with E-state index in [-0.39, 0.29) is 5.91 Å². The lowest BCUT2D eigenvalue weighted by molar-refractivity contribution is -0.116. The number of nitrogens with one attached hydrogen (secondary N) is 1. The summed E-state index contributed by atoms with van der Waals surface area (Å²) in [5.74, 6) is 1.52. The minimum atomic E-state index is -0.0471. The number of rotatable bonds is 6.